The van der Waals surface area contributed by atoms with E-state index in [2.05, 4.69) is 10.3 Å². The van der Waals surface area contributed by atoms with Gasteiger partial charge in [0.25, 0.3) is 0 Å². The highest BCUT2D eigenvalue weighted by molar-refractivity contribution is 5.13. The fourth-order valence-electron chi connectivity index (χ4n) is 1.05. The van der Waals surface area contributed by atoms with Gasteiger partial charge in [0, 0.05) is 6.54 Å². The molecule has 0 saturated heterocycles. The molecule has 8 heteroatoms. The lowest BCUT2D eigenvalue weighted by Gasteiger charge is -2.09. The molecule has 0 aliphatic carbocycles. The first-order chi connectivity index (χ1) is 6.50. The van der Waals surface area contributed by atoms with Crippen LogP contribution in [0.2, 0.25) is 0 Å². The third-order valence-corrected chi connectivity index (χ3v) is 1.58. The molecule has 0 radical (unpaired) electrons. The van der Waals surface area contributed by atoms with Gasteiger partial charge in [-0.25, -0.2) is 4.68 Å². The summed E-state index contributed by atoms with van der Waals surface area (Å²) in [5, 5.41) is 15.0. The number of alkyl halides is 3. The van der Waals surface area contributed by atoms with Crippen LogP contribution >= 0.6 is 0 Å². The Morgan fingerprint density at radius 2 is 2.07 bits per heavy atom. The van der Waals surface area contributed by atoms with Crippen molar-refractivity contribution in [3.05, 3.63) is 11.4 Å². The third-order valence-electron chi connectivity index (χ3n) is 1.58. The Morgan fingerprint density at radius 1 is 1.43 bits per heavy atom. The topological polar surface area (TPSA) is 77.0 Å². The van der Waals surface area contributed by atoms with Gasteiger partial charge in [-0.2, -0.15) is 13.2 Å². The fourth-order valence-corrected chi connectivity index (χ4v) is 1.05. The molecule has 1 aromatic heterocycles. The maximum absolute atomic E-state index is 12.4. The number of aliphatic hydroxyl groups excluding tert-OH is 1. The van der Waals surface area contributed by atoms with Crippen LogP contribution in [-0.2, 0) is 19.3 Å². The van der Waals surface area contributed by atoms with E-state index in [1.165, 1.54) is 0 Å². The standard InChI is InChI=1S/C6H9F3N4O/c7-6(8,9)5-4(3-10)11-12-13(5)1-2-14/h14H,1-3,10H2. The van der Waals surface area contributed by atoms with Crippen molar-refractivity contribution in [1.82, 2.24) is 15.0 Å². The number of aliphatic hydroxyl groups is 1. The van der Waals surface area contributed by atoms with Gasteiger partial charge in [0.2, 0.25) is 0 Å². The van der Waals surface area contributed by atoms with Crippen molar-refractivity contribution in [3.63, 3.8) is 0 Å². The Balaban J connectivity index is 3.13. The van der Waals surface area contributed by atoms with E-state index in [-0.39, 0.29) is 18.8 Å². The van der Waals surface area contributed by atoms with Gasteiger partial charge in [-0.15, -0.1) is 5.10 Å². The lowest BCUT2D eigenvalue weighted by molar-refractivity contribution is -0.145. The molecule has 0 spiro atoms. The van der Waals surface area contributed by atoms with Crippen molar-refractivity contribution in [2.45, 2.75) is 19.3 Å². The summed E-state index contributed by atoms with van der Waals surface area (Å²) in [5.74, 6) is 0. The highest BCUT2D eigenvalue weighted by Crippen LogP contribution is 2.30. The van der Waals surface area contributed by atoms with Crippen LogP contribution < -0.4 is 5.73 Å². The highest BCUT2D eigenvalue weighted by Gasteiger charge is 2.38. The monoisotopic (exact) mass is 210 g/mol. The molecule has 14 heavy (non-hydrogen) atoms. The minimum atomic E-state index is -4.55. The molecule has 80 valence electrons. The molecule has 0 bridgehead atoms. The summed E-state index contributed by atoms with van der Waals surface area (Å²) in [6.07, 6.45) is -4.55. The quantitative estimate of drug-likeness (QED) is 0.721. The summed E-state index contributed by atoms with van der Waals surface area (Å²) in [7, 11) is 0. The average Bonchev–Trinajstić information content (AvgIpc) is 2.47. The van der Waals surface area contributed by atoms with Gasteiger partial charge in [0.1, 0.15) is 5.69 Å². The zero-order valence-electron chi connectivity index (χ0n) is 7.12. The molecule has 0 aliphatic heterocycles. The van der Waals surface area contributed by atoms with Gasteiger partial charge < -0.3 is 10.8 Å². The number of hydrogen-bond donors (Lipinski definition) is 2. The van der Waals surface area contributed by atoms with E-state index in [4.69, 9.17) is 10.8 Å². The Hall–Kier alpha value is -1.15. The first-order valence-electron chi connectivity index (χ1n) is 3.81. The van der Waals surface area contributed by atoms with E-state index in [0.717, 1.165) is 0 Å². The molecule has 1 aromatic rings. The summed E-state index contributed by atoms with van der Waals surface area (Å²) in [5.41, 5.74) is 3.77. The number of aromatic nitrogens is 3. The largest absolute Gasteiger partial charge is 0.434 e. The first-order valence-corrected chi connectivity index (χ1v) is 3.81. The van der Waals surface area contributed by atoms with E-state index in [1.54, 1.807) is 0 Å². The SMILES string of the molecule is NCc1nnn(CCO)c1C(F)(F)F. The second-order valence-electron chi connectivity index (χ2n) is 2.53. The molecule has 0 amide bonds. The molecule has 3 N–H and O–H groups in total. The zero-order valence-corrected chi connectivity index (χ0v) is 7.12. The minimum absolute atomic E-state index is 0.248. The Labute approximate surface area is 77.3 Å². The predicted octanol–water partition coefficient (Wildman–Crippen LogP) is -0.252. The molecular formula is C6H9F3N4O. The van der Waals surface area contributed by atoms with Gasteiger partial charge in [0.05, 0.1) is 13.2 Å². The number of hydrogen-bond acceptors (Lipinski definition) is 4. The maximum Gasteiger partial charge on any atom is 0.434 e. The van der Waals surface area contributed by atoms with Crippen molar-refractivity contribution in [2.75, 3.05) is 6.61 Å². The van der Waals surface area contributed by atoms with Crippen LogP contribution in [0.3, 0.4) is 0 Å². The Morgan fingerprint density at radius 3 is 2.50 bits per heavy atom. The van der Waals surface area contributed by atoms with Crippen molar-refractivity contribution in [1.29, 1.82) is 0 Å². The summed E-state index contributed by atoms with van der Waals surface area (Å²) >= 11 is 0. The number of nitrogens with two attached hydrogens (primary N) is 1. The Bertz CT molecular complexity index is 309. The first kappa shape index (κ1) is 10.9. The van der Waals surface area contributed by atoms with Crippen LogP contribution in [0.5, 0.6) is 0 Å². The van der Waals surface area contributed by atoms with Crippen molar-refractivity contribution < 1.29 is 18.3 Å². The van der Waals surface area contributed by atoms with Gasteiger partial charge in [-0.1, -0.05) is 5.21 Å². The molecule has 0 fully saturated rings. The van der Waals surface area contributed by atoms with Crippen LogP contribution in [0, 0.1) is 0 Å². The smallest absolute Gasteiger partial charge is 0.394 e. The van der Waals surface area contributed by atoms with Crippen molar-refractivity contribution in [3.8, 4) is 0 Å². The summed E-state index contributed by atoms with van der Waals surface area (Å²) in [6, 6.07) is 0. The van der Waals surface area contributed by atoms with Crippen LogP contribution in [0.25, 0.3) is 0 Å². The Kier molecular flexibility index (Phi) is 3.06. The van der Waals surface area contributed by atoms with Crippen molar-refractivity contribution in [2.24, 2.45) is 5.73 Å². The zero-order chi connectivity index (χ0) is 10.8. The lowest BCUT2D eigenvalue weighted by Crippen LogP contribution is -2.19. The summed E-state index contributed by atoms with van der Waals surface area (Å²) < 4.78 is 37.8. The van der Waals surface area contributed by atoms with Crippen LogP contribution in [0.15, 0.2) is 0 Å². The second-order valence-corrected chi connectivity index (χ2v) is 2.53. The van der Waals surface area contributed by atoms with E-state index in [0.29, 0.717) is 4.68 Å². The van der Waals surface area contributed by atoms with E-state index < -0.39 is 18.5 Å². The van der Waals surface area contributed by atoms with Crippen LogP contribution in [0.4, 0.5) is 13.2 Å². The van der Waals surface area contributed by atoms with E-state index in [1.807, 2.05) is 0 Å². The molecule has 5 nitrogen and oxygen atoms in total. The molecule has 0 unspecified atom stereocenters. The predicted molar refractivity (Wildman–Crippen MR) is 40.0 cm³/mol. The fraction of sp³-hybridized carbons (Fsp3) is 0.667. The van der Waals surface area contributed by atoms with E-state index >= 15 is 0 Å². The minimum Gasteiger partial charge on any atom is -0.394 e. The number of rotatable bonds is 3. The molecule has 1 rings (SSSR count). The van der Waals surface area contributed by atoms with Gasteiger partial charge in [0.15, 0.2) is 5.69 Å². The summed E-state index contributed by atoms with van der Waals surface area (Å²) in [6.45, 7) is -1.02. The number of nitrogens with zero attached hydrogens (tertiary/aromatic N) is 3. The van der Waals surface area contributed by atoms with Crippen LogP contribution in [0.1, 0.15) is 11.4 Å². The van der Waals surface area contributed by atoms with Gasteiger partial charge >= 0.3 is 6.18 Å². The molecule has 0 atom stereocenters. The molecule has 0 aliphatic rings. The molecule has 0 aromatic carbocycles. The highest BCUT2D eigenvalue weighted by atomic mass is 19.4. The van der Waals surface area contributed by atoms with Gasteiger partial charge in [-0.05, 0) is 0 Å². The molecular weight excluding hydrogens is 201 g/mol. The second kappa shape index (κ2) is 3.93. The average molecular weight is 210 g/mol. The lowest BCUT2D eigenvalue weighted by atomic mass is 10.3. The number of halogens is 3. The van der Waals surface area contributed by atoms with Crippen LogP contribution in [-0.4, -0.2) is 26.7 Å². The maximum atomic E-state index is 12.4. The molecule has 1 heterocycles. The summed E-state index contributed by atoms with van der Waals surface area (Å²) in [4.78, 5) is 0. The third kappa shape index (κ3) is 2.02. The molecule has 0 saturated carbocycles. The normalized spacial score (nSPS) is 12.1. The van der Waals surface area contributed by atoms with Gasteiger partial charge in [-0.3, -0.25) is 0 Å². The van der Waals surface area contributed by atoms with E-state index in [9.17, 15) is 13.2 Å². The van der Waals surface area contributed by atoms with Crippen molar-refractivity contribution >= 4 is 0 Å².